The van der Waals surface area contributed by atoms with Crippen LogP contribution in [0.1, 0.15) is 39.0 Å². The molecule has 1 aliphatic carbocycles. The van der Waals surface area contributed by atoms with Crippen LogP contribution in [0.4, 0.5) is 0 Å². The van der Waals surface area contributed by atoms with Crippen LogP contribution >= 0.6 is 0 Å². The zero-order chi connectivity index (χ0) is 17.6. The Morgan fingerprint density at radius 3 is 2.40 bits per heavy atom. The van der Waals surface area contributed by atoms with Crippen LogP contribution in [0.15, 0.2) is 0 Å². The molecule has 0 radical (unpaired) electrons. The summed E-state index contributed by atoms with van der Waals surface area (Å²) in [7, 11) is 4.01. The lowest BCUT2D eigenvalue weighted by molar-refractivity contribution is -0.00774. The zero-order valence-electron chi connectivity index (χ0n) is 16.4. The summed E-state index contributed by atoms with van der Waals surface area (Å²) in [6.07, 6.45) is 7.36. The Bertz CT molecular complexity index is 395. The Kier molecular flexibility index (Phi) is 7.55. The van der Waals surface area contributed by atoms with Crippen LogP contribution in [-0.2, 0) is 14.2 Å². The minimum Gasteiger partial charge on any atom is -0.380 e. The second-order valence-corrected chi connectivity index (χ2v) is 8.48. The summed E-state index contributed by atoms with van der Waals surface area (Å²) < 4.78 is 18.0. The summed E-state index contributed by atoms with van der Waals surface area (Å²) in [5, 5.41) is 3.50. The first kappa shape index (κ1) is 19.6. The lowest BCUT2D eigenvalue weighted by atomic mass is 10.0. The molecule has 0 bridgehead atoms. The highest BCUT2D eigenvalue weighted by molar-refractivity contribution is 4.85. The van der Waals surface area contributed by atoms with E-state index in [0.717, 1.165) is 58.2 Å². The third-order valence-corrected chi connectivity index (χ3v) is 6.57. The minimum atomic E-state index is 0.352. The monoisotopic (exact) mass is 354 g/mol. The highest BCUT2D eigenvalue weighted by Gasteiger charge is 2.32. The number of methoxy groups -OCH3 is 1. The van der Waals surface area contributed by atoms with Crippen molar-refractivity contribution in [3.63, 3.8) is 0 Å². The van der Waals surface area contributed by atoms with Crippen LogP contribution < -0.4 is 5.32 Å². The number of ether oxygens (including phenoxy) is 3. The third-order valence-electron chi connectivity index (χ3n) is 6.57. The molecular weight excluding hydrogens is 316 g/mol. The number of likely N-dealkylation sites (N-methyl/N-ethyl adjacent to an activating group) is 1. The van der Waals surface area contributed by atoms with Crippen molar-refractivity contribution in [1.82, 2.24) is 10.2 Å². The van der Waals surface area contributed by atoms with E-state index in [1.807, 2.05) is 7.11 Å². The number of rotatable bonds is 9. The van der Waals surface area contributed by atoms with Crippen molar-refractivity contribution in [2.24, 2.45) is 17.8 Å². The number of nitrogens with one attached hydrogen (secondary N) is 1. The van der Waals surface area contributed by atoms with E-state index in [9.17, 15) is 0 Å². The molecule has 5 nitrogen and oxygen atoms in total. The van der Waals surface area contributed by atoms with Gasteiger partial charge in [-0.15, -0.1) is 0 Å². The molecule has 2 saturated heterocycles. The molecule has 0 aromatic heterocycles. The summed E-state index contributed by atoms with van der Waals surface area (Å²) in [6.45, 7) is 8.30. The van der Waals surface area contributed by atoms with Gasteiger partial charge in [0.15, 0.2) is 0 Å². The van der Waals surface area contributed by atoms with Crippen molar-refractivity contribution < 1.29 is 14.2 Å². The van der Waals surface area contributed by atoms with Crippen LogP contribution in [-0.4, -0.2) is 76.8 Å². The normalized spacial score (nSPS) is 39.5. The smallest absolute Gasteiger partial charge is 0.0740 e. The largest absolute Gasteiger partial charge is 0.380 e. The molecule has 5 heteroatoms. The maximum absolute atomic E-state index is 6.26. The molecule has 3 unspecified atom stereocenters. The van der Waals surface area contributed by atoms with Crippen molar-refractivity contribution in [3.05, 3.63) is 0 Å². The van der Waals surface area contributed by atoms with Crippen molar-refractivity contribution >= 4 is 0 Å². The van der Waals surface area contributed by atoms with E-state index in [2.05, 4.69) is 24.2 Å². The van der Waals surface area contributed by atoms with Gasteiger partial charge >= 0.3 is 0 Å². The lowest BCUT2D eigenvalue weighted by Gasteiger charge is -2.23. The molecule has 1 N–H and O–H groups in total. The summed E-state index contributed by atoms with van der Waals surface area (Å²) in [5.41, 5.74) is 0. The molecule has 3 aliphatic rings. The first-order valence-electron chi connectivity index (χ1n) is 10.3. The number of likely N-dealkylation sites (tertiary alicyclic amines) is 1. The fourth-order valence-corrected chi connectivity index (χ4v) is 4.89. The fourth-order valence-electron chi connectivity index (χ4n) is 4.89. The Hall–Kier alpha value is -0.200. The molecular formula is C20H38N2O3. The highest BCUT2D eigenvalue weighted by atomic mass is 16.5. The van der Waals surface area contributed by atoms with E-state index in [1.54, 1.807) is 0 Å². The summed E-state index contributed by atoms with van der Waals surface area (Å²) in [6, 6.07) is 0. The topological polar surface area (TPSA) is 43.0 Å². The van der Waals surface area contributed by atoms with Crippen molar-refractivity contribution in [1.29, 1.82) is 0 Å². The molecule has 25 heavy (non-hydrogen) atoms. The third kappa shape index (κ3) is 5.39. The summed E-state index contributed by atoms with van der Waals surface area (Å²) in [4.78, 5) is 2.36. The second-order valence-electron chi connectivity index (χ2n) is 8.48. The number of hydrogen-bond acceptors (Lipinski definition) is 5. The van der Waals surface area contributed by atoms with Gasteiger partial charge in [-0.3, -0.25) is 0 Å². The van der Waals surface area contributed by atoms with E-state index in [0.29, 0.717) is 30.1 Å². The maximum atomic E-state index is 6.26. The minimum absolute atomic E-state index is 0.352. The highest BCUT2D eigenvalue weighted by Crippen LogP contribution is 2.28. The second kappa shape index (κ2) is 9.65. The molecule has 3 rings (SSSR count). The van der Waals surface area contributed by atoms with E-state index < -0.39 is 0 Å². The average Bonchev–Trinajstić information content (AvgIpc) is 3.29. The zero-order valence-corrected chi connectivity index (χ0v) is 16.4. The van der Waals surface area contributed by atoms with Crippen LogP contribution in [0.3, 0.4) is 0 Å². The first-order valence-corrected chi connectivity index (χ1v) is 10.3. The maximum Gasteiger partial charge on any atom is 0.0740 e. The summed E-state index contributed by atoms with van der Waals surface area (Å²) >= 11 is 0. The SMILES string of the molecule is CO[C@H]1CN(C)CC1CCO[C@H]1CNCC1CCO[C@H]1CCCC1C. The molecule has 146 valence electrons. The first-order chi connectivity index (χ1) is 12.2. The van der Waals surface area contributed by atoms with Gasteiger partial charge in [-0.2, -0.15) is 0 Å². The molecule has 2 heterocycles. The van der Waals surface area contributed by atoms with Gasteiger partial charge in [-0.05, 0) is 38.6 Å². The van der Waals surface area contributed by atoms with E-state index in [1.165, 1.54) is 19.3 Å². The molecule has 3 fully saturated rings. The van der Waals surface area contributed by atoms with Crippen molar-refractivity contribution in [2.75, 3.05) is 53.6 Å². The number of nitrogens with zero attached hydrogens (tertiary/aromatic N) is 1. The van der Waals surface area contributed by atoms with E-state index in [-0.39, 0.29) is 0 Å². The van der Waals surface area contributed by atoms with Gasteiger partial charge in [-0.1, -0.05) is 13.3 Å². The van der Waals surface area contributed by atoms with Crippen molar-refractivity contribution in [2.45, 2.75) is 57.3 Å². The average molecular weight is 355 g/mol. The predicted molar refractivity (Wildman–Crippen MR) is 99.9 cm³/mol. The molecule has 0 amide bonds. The van der Waals surface area contributed by atoms with Gasteiger partial charge in [0.25, 0.3) is 0 Å². The van der Waals surface area contributed by atoms with Gasteiger partial charge in [0, 0.05) is 58.3 Å². The predicted octanol–water partition coefficient (Wildman–Crippen LogP) is 2.15. The van der Waals surface area contributed by atoms with E-state index in [4.69, 9.17) is 14.2 Å². The van der Waals surface area contributed by atoms with Crippen LogP contribution in [0, 0.1) is 17.8 Å². The van der Waals surface area contributed by atoms with Crippen LogP contribution in [0.2, 0.25) is 0 Å². The van der Waals surface area contributed by atoms with Gasteiger partial charge in [-0.25, -0.2) is 0 Å². The van der Waals surface area contributed by atoms with Crippen LogP contribution in [0.5, 0.6) is 0 Å². The van der Waals surface area contributed by atoms with Crippen molar-refractivity contribution in [3.8, 4) is 0 Å². The molecule has 0 aromatic rings. The van der Waals surface area contributed by atoms with Gasteiger partial charge in [0.1, 0.15) is 0 Å². The van der Waals surface area contributed by atoms with Gasteiger partial charge in [0.05, 0.1) is 18.3 Å². The Balaban J connectivity index is 1.33. The Morgan fingerprint density at radius 2 is 1.68 bits per heavy atom. The molecule has 6 atom stereocenters. The number of hydrogen-bond donors (Lipinski definition) is 1. The van der Waals surface area contributed by atoms with Gasteiger partial charge < -0.3 is 24.4 Å². The van der Waals surface area contributed by atoms with Crippen LogP contribution in [0.25, 0.3) is 0 Å². The quantitative estimate of drug-likeness (QED) is 0.687. The standard InChI is InChI=1S/C20H38N2O3/c1-15-5-4-6-18(15)24-9-7-16-11-21-12-19(16)25-10-8-17-13-22(2)14-20(17)23-3/h15-21H,4-14H2,1-3H3/t15?,16?,17?,18-,19-,20-/m0/s1. The molecule has 0 spiro atoms. The molecule has 2 aliphatic heterocycles. The Labute approximate surface area is 153 Å². The summed E-state index contributed by atoms with van der Waals surface area (Å²) in [5.74, 6) is 1.95. The molecule has 0 aromatic carbocycles. The van der Waals surface area contributed by atoms with Gasteiger partial charge in [0.2, 0.25) is 0 Å². The lowest BCUT2D eigenvalue weighted by Crippen LogP contribution is -2.28. The molecule has 1 saturated carbocycles. The Morgan fingerprint density at radius 1 is 0.920 bits per heavy atom. The van der Waals surface area contributed by atoms with E-state index >= 15 is 0 Å². The fraction of sp³-hybridized carbons (Fsp3) is 1.00.